The van der Waals surface area contributed by atoms with Crippen molar-refractivity contribution in [2.45, 2.75) is 64.7 Å². The van der Waals surface area contributed by atoms with Gasteiger partial charge in [-0.1, -0.05) is 57.4 Å². The highest BCUT2D eigenvalue weighted by molar-refractivity contribution is 8.03. The molecule has 0 spiro atoms. The Bertz CT molecular complexity index is 634. The first-order chi connectivity index (χ1) is 12.0. The van der Waals surface area contributed by atoms with Gasteiger partial charge in [-0.2, -0.15) is 0 Å². The number of hydrogen-bond donors (Lipinski definition) is 0. The number of hydrogen-bond acceptors (Lipinski definition) is 3. The number of allylic oxidation sites excluding steroid dienone is 1. The molecule has 136 valence electrons. The van der Waals surface area contributed by atoms with Crippen LogP contribution in [0.5, 0.6) is 0 Å². The van der Waals surface area contributed by atoms with E-state index in [0.717, 1.165) is 19.1 Å². The molecule has 1 heterocycles. The quantitative estimate of drug-likeness (QED) is 0.604. The smallest absolute Gasteiger partial charge is 0.110 e. The minimum Gasteiger partial charge on any atom is -0.346 e. The number of aryl methyl sites for hydroxylation is 2. The molecule has 0 bridgehead atoms. The minimum absolute atomic E-state index is 0.506. The normalized spacial score (nSPS) is 18.7. The molecule has 1 aromatic rings. The van der Waals surface area contributed by atoms with E-state index in [0.29, 0.717) is 5.92 Å². The zero-order valence-electron chi connectivity index (χ0n) is 16.2. The fraction of sp³-hybridized carbons (Fsp3) is 0.591. The van der Waals surface area contributed by atoms with Crippen molar-refractivity contribution in [3.8, 4) is 0 Å². The monoisotopic (exact) mass is 356 g/mol. The van der Waals surface area contributed by atoms with Crippen molar-refractivity contribution in [3.63, 3.8) is 0 Å². The first kappa shape index (κ1) is 18.6. The van der Waals surface area contributed by atoms with E-state index in [2.05, 4.69) is 62.0 Å². The first-order valence-corrected chi connectivity index (χ1v) is 10.6. The van der Waals surface area contributed by atoms with E-state index in [1.54, 1.807) is 0 Å². The van der Waals surface area contributed by atoms with E-state index in [-0.39, 0.29) is 0 Å². The fourth-order valence-electron chi connectivity index (χ4n) is 3.97. The molecule has 2 aliphatic rings. The molecule has 2 nitrogen and oxygen atoms in total. The van der Waals surface area contributed by atoms with Gasteiger partial charge in [-0.05, 0) is 55.4 Å². The van der Waals surface area contributed by atoms with Gasteiger partial charge in [0.05, 0.1) is 5.03 Å². The maximum absolute atomic E-state index is 4.66. The summed E-state index contributed by atoms with van der Waals surface area (Å²) in [6, 6.07) is 6.87. The lowest BCUT2D eigenvalue weighted by atomic mass is 10.0. The third kappa shape index (κ3) is 4.91. The summed E-state index contributed by atoms with van der Waals surface area (Å²) in [7, 11) is 0. The van der Waals surface area contributed by atoms with Gasteiger partial charge in [0.25, 0.3) is 0 Å². The van der Waals surface area contributed by atoms with Gasteiger partial charge in [-0.3, -0.25) is 4.99 Å². The average molecular weight is 357 g/mol. The number of rotatable bonds is 6. The van der Waals surface area contributed by atoms with Gasteiger partial charge in [0.15, 0.2) is 0 Å². The van der Waals surface area contributed by atoms with Crippen LogP contribution in [0.2, 0.25) is 0 Å². The largest absolute Gasteiger partial charge is 0.346 e. The second-order valence-corrected chi connectivity index (χ2v) is 9.06. The molecule has 0 atom stereocenters. The minimum atomic E-state index is 0.506. The summed E-state index contributed by atoms with van der Waals surface area (Å²) in [5, 5.41) is 1.42. The lowest BCUT2D eigenvalue weighted by Gasteiger charge is -2.32. The van der Waals surface area contributed by atoms with Crippen LogP contribution in [-0.4, -0.2) is 24.3 Å². The van der Waals surface area contributed by atoms with Gasteiger partial charge in [0, 0.05) is 23.2 Å². The second-order valence-electron chi connectivity index (χ2n) is 8.00. The number of aliphatic imine (C=N–C) groups is 1. The van der Waals surface area contributed by atoms with Crippen LogP contribution in [0.25, 0.3) is 0 Å². The molecular weight excluding hydrogens is 324 g/mol. The van der Waals surface area contributed by atoms with Crippen LogP contribution in [0, 0.1) is 25.7 Å². The van der Waals surface area contributed by atoms with Gasteiger partial charge in [0.1, 0.15) is 6.67 Å². The highest BCUT2D eigenvalue weighted by Gasteiger charge is 2.23. The predicted molar refractivity (Wildman–Crippen MR) is 110 cm³/mol. The molecule has 0 saturated heterocycles. The lowest BCUT2D eigenvalue weighted by molar-refractivity contribution is 0.328. The zero-order valence-corrected chi connectivity index (χ0v) is 17.0. The first-order valence-electron chi connectivity index (χ1n) is 9.78. The summed E-state index contributed by atoms with van der Waals surface area (Å²) in [5.41, 5.74) is 4.08. The molecule has 3 heteroatoms. The highest BCUT2D eigenvalue weighted by atomic mass is 32.2. The summed E-state index contributed by atoms with van der Waals surface area (Å²) in [6.07, 6.45) is 9.15. The van der Waals surface area contributed by atoms with Gasteiger partial charge in [-0.15, -0.1) is 0 Å². The van der Waals surface area contributed by atoms with Crippen LogP contribution in [0.1, 0.15) is 57.1 Å². The summed E-state index contributed by atoms with van der Waals surface area (Å²) in [4.78, 5) is 8.54. The molecule has 1 fully saturated rings. The highest BCUT2D eigenvalue weighted by Crippen LogP contribution is 2.37. The molecule has 0 unspecified atom stereocenters. The Hall–Kier alpha value is -1.22. The van der Waals surface area contributed by atoms with E-state index in [1.807, 2.05) is 11.8 Å². The Labute approximate surface area is 157 Å². The van der Waals surface area contributed by atoms with Crippen molar-refractivity contribution in [1.82, 2.24) is 4.90 Å². The molecule has 1 aromatic carbocycles. The van der Waals surface area contributed by atoms with Crippen molar-refractivity contribution in [1.29, 1.82) is 0 Å². The molecule has 1 aliphatic carbocycles. The molecule has 3 rings (SSSR count). The molecular formula is C22H32N2S. The predicted octanol–water partition coefficient (Wildman–Crippen LogP) is 6.19. The van der Waals surface area contributed by atoms with Crippen molar-refractivity contribution in [2.75, 3.05) is 13.2 Å². The molecule has 0 N–H and O–H groups in total. The maximum Gasteiger partial charge on any atom is 0.110 e. The summed E-state index contributed by atoms with van der Waals surface area (Å²) >= 11 is 1.93. The van der Waals surface area contributed by atoms with Crippen LogP contribution < -0.4 is 0 Å². The molecule has 0 aromatic heterocycles. The number of thioether (sulfide) groups is 1. The van der Waals surface area contributed by atoms with Crippen molar-refractivity contribution in [3.05, 3.63) is 39.9 Å². The Morgan fingerprint density at radius 2 is 1.80 bits per heavy atom. The van der Waals surface area contributed by atoms with Gasteiger partial charge in [-0.25, -0.2) is 0 Å². The van der Waals surface area contributed by atoms with Crippen LogP contribution in [0.15, 0.2) is 38.7 Å². The van der Waals surface area contributed by atoms with E-state index in [1.165, 1.54) is 58.7 Å². The molecule has 1 aliphatic heterocycles. The number of nitrogens with zero attached hydrogens (tertiary/aromatic N) is 2. The van der Waals surface area contributed by atoms with E-state index >= 15 is 0 Å². The van der Waals surface area contributed by atoms with Crippen molar-refractivity contribution in [2.24, 2.45) is 16.8 Å². The van der Waals surface area contributed by atoms with Crippen LogP contribution >= 0.6 is 11.8 Å². The third-order valence-corrected chi connectivity index (χ3v) is 6.49. The number of benzene rings is 1. The van der Waals surface area contributed by atoms with Crippen LogP contribution in [0.4, 0.5) is 0 Å². The molecule has 1 saturated carbocycles. The maximum atomic E-state index is 4.66. The summed E-state index contributed by atoms with van der Waals surface area (Å²) < 4.78 is 0. The van der Waals surface area contributed by atoms with E-state index in [9.17, 15) is 0 Å². The summed E-state index contributed by atoms with van der Waals surface area (Å²) in [6.45, 7) is 10.9. The van der Waals surface area contributed by atoms with E-state index in [4.69, 9.17) is 0 Å². The summed E-state index contributed by atoms with van der Waals surface area (Å²) in [5.74, 6) is 1.44. The fourth-order valence-corrected chi connectivity index (χ4v) is 5.37. The average Bonchev–Trinajstić information content (AvgIpc) is 3.06. The Kier molecular flexibility index (Phi) is 6.27. The lowest BCUT2D eigenvalue weighted by Crippen LogP contribution is -2.29. The standard InChI is InChI=1S/C22H32N2S/c1-16(2)21-14-23-15-24(10-9-19-7-5-6-8-19)22(21)25-20-12-17(3)11-18(4)13-20/h11-14,16,19H,5-10,15H2,1-4H3. The molecule has 0 radical (unpaired) electrons. The third-order valence-electron chi connectivity index (χ3n) is 5.33. The zero-order chi connectivity index (χ0) is 17.8. The Balaban J connectivity index is 1.80. The SMILES string of the molecule is Cc1cc(C)cc(SC2=C(C(C)C)C=NCN2CCC2CCCC2)c1. The Morgan fingerprint density at radius 3 is 2.44 bits per heavy atom. The van der Waals surface area contributed by atoms with Crippen LogP contribution in [0.3, 0.4) is 0 Å². The van der Waals surface area contributed by atoms with Crippen molar-refractivity contribution < 1.29 is 0 Å². The van der Waals surface area contributed by atoms with Crippen molar-refractivity contribution >= 4 is 18.0 Å². The van der Waals surface area contributed by atoms with Gasteiger partial charge in [0.2, 0.25) is 0 Å². The van der Waals surface area contributed by atoms with Crippen LogP contribution in [-0.2, 0) is 0 Å². The van der Waals surface area contributed by atoms with E-state index < -0.39 is 0 Å². The molecule has 0 amide bonds. The topological polar surface area (TPSA) is 15.6 Å². The Morgan fingerprint density at radius 1 is 1.12 bits per heavy atom. The van der Waals surface area contributed by atoms with Gasteiger partial charge < -0.3 is 4.90 Å². The second kappa shape index (κ2) is 8.44. The van der Waals surface area contributed by atoms with Gasteiger partial charge >= 0.3 is 0 Å². The molecule has 25 heavy (non-hydrogen) atoms.